The quantitative estimate of drug-likeness (QED) is 0.603. The Hall–Kier alpha value is -1.96. The van der Waals surface area contributed by atoms with Crippen LogP contribution < -0.4 is 4.74 Å². The van der Waals surface area contributed by atoms with Gasteiger partial charge in [0.15, 0.2) is 0 Å². The molecule has 0 unspecified atom stereocenters. The lowest BCUT2D eigenvalue weighted by Crippen LogP contribution is -2.41. The first-order valence-electron chi connectivity index (χ1n) is 8.44. The van der Waals surface area contributed by atoms with E-state index in [9.17, 15) is 15.2 Å². The van der Waals surface area contributed by atoms with Gasteiger partial charge in [-0.3, -0.25) is 15.0 Å². The smallest absolute Gasteiger partial charge is 0.273 e. The summed E-state index contributed by atoms with van der Waals surface area (Å²) in [7, 11) is 0. The molecule has 2 aromatic rings. The van der Waals surface area contributed by atoms with E-state index in [1.54, 1.807) is 12.1 Å². The molecule has 2 atom stereocenters. The molecule has 0 fully saturated rings. The summed E-state index contributed by atoms with van der Waals surface area (Å²) in [5.41, 5.74) is 1.37. The Balaban J connectivity index is 1.57. The summed E-state index contributed by atoms with van der Waals surface area (Å²) in [5, 5.41) is 23.3. The Morgan fingerprint density at radius 1 is 1.48 bits per heavy atom. The van der Waals surface area contributed by atoms with Crippen molar-refractivity contribution in [2.75, 3.05) is 19.7 Å². The summed E-state index contributed by atoms with van der Waals surface area (Å²) in [5.74, 6) is 0.402. The molecule has 1 aliphatic rings. The van der Waals surface area contributed by atoms with E-state index in [0.29, 0.717) is 18.3 Å². The Bertz CT molecular complexity index is 733. The van der Waals surface area contributed by atoms with Gasteiger partial charge in [0.1, 0.15) is 18.5 Å². The summed E-state index contributed by atoms with van der Waals surface area (Å²) in [6.07, 6.45) is 1.37. The third-order valence-corrected chi connectivity index (χ3v) is 5.51. The molecule has 0 spiro atoms. The minimum atomic E-state index is -0.645. The van der Waals surface area contributed by atoms with Crippen molar-refractivity contribution >= 4 is 17.0 Å². The molecule has 0 saturated carbocycles. The van der Waals surface area contributed by atoms with Gasteiger partial charge in [-0.1, -0.05) is 13.0 Å². The van der Waals surface area contributed by atoms with Crippen molar-refractivity contribution in [2.45, 2.75) is 31.9 Å². The molecule has 1 N–H and O–H groups in total. The molecule has 0 amide bonds. The highest BCUT2D eigenvalue weighted by Gasteiger charge is 2.28. The van der Waals surface area contributed by atoms with Crippen molar-refractivity contribution in [3.63, 3.8) is 0 Å². The zero-order valence-electron chi connectivity index (χ0n) is 14.1. The van der Waals surface area contributed by atoms with Gasteiger partial charge in [0.25, 0.3) is 5.69 Å². The van der Waals surface area contributed by atoms with E-state index >= 15 is 0 Å². The number of hydrogen-bond acceptors (Lipinski definition) is 6. The van der Waals surface area contributed by atoms with Gasteiger partial charge in [0.05, 0.1) is 11.0 Å². The van der Waals surface area contributed by atoms with E-state index in [-0.39, 0.29) is 12.3 Å². The molecule has 25 heavy (non-hydrogen) atoms. The molecule has 0 bridgehead atoms. The van der Waals surface area contributed by atoms with Gasteiger partial charge in [0, 0.05) is 30.1 Å². The predicted octanol–water partition coefficient (Wildman–Crippen LogP) is 3.41. The van der Waals surface area contributed by atoms with Crippen LogP contribution in [0, 0.1) is 10.1 Å². The number of β-amino-alcohol motifs (C(OH)–C–C–N with tert-alkyl or cyclic N) is 1. The Labute approximate surface area is 150 Å². The first-order valence-corrected chi connectivity index (χ1v) is 9.32. The SMILES string of the molecule is CC[C@@H]1c2ccsc2CCN1C[C@@H](O)COc1cccc([N+](=O)[O-])c1. The zero-order valence-corrected chi connectivity index (χ0v) is 14.9. The van der Waals surface area contributed by atoms with Gasteiger partial charge >= 0.3 is 0 Å². The molecule has 6 nitrogen and oxygen atoms in total. The lowest BCUT2D eigenvalue weighted by atomic mass is 9.97. The molecular formula is C18H22N2O4S. The van der Waals surface area contributed by atoms with Crippen molar-refractivity contribution in [3.05, 3.63) is 56.3 Å². The number of hydrogen-bond donors (Lipinski definition) is 1. The number of ether oxygens (including phenoxy) is 1. The van der Waals surface area contributed by atoms with Crippen LogP contribution in [0.2, 0.25) is 0 Å². The fraction of sp³-hybridized carbons (Fsp3) is 0.444. The fourth-order valence-electron chi connectivity index (χ4n) is 3.35. The highest BCUT2D eigenvalue weighted by atomic mass is 32.1. The first-order chi connectivity index (χ1) is 12.1. The van der Waals surface area contributed by atoms with E-state index in [0.717, 1.165) is 19.4 Å². The third-order valence-electron chi connectivity index (χ3n) is 4.51. The van der Waals surface area contributed by atoms with Gasteiger partial charge < -0.3 is 9.84 Å². The standard InChI is InChI=1S/C18H22N2O4S/c1-2-17-16-7-9-25-18(16)6-8-19(17)11-14(21)12-24-15-5-3-4-13(10-15)20(22)23/h3-5,7,9-10,14,17,21H,2,6,8,11-12H2,1H3/t14-,17-/m1/s1. The molecule has 7 heteroatoms. The second-order valence-corrected chi connectivity index (χ2v) is 7.19. The van der Waals surface area contributed by atoms with Gasteiger partial charge in [0.2, 0.25) is 0 Å². The molecule has 3 rings (SSSR count). The molecule has 0 radical (unpaired) electrons. The number of aliphatic hydroxyl groups excluding tert-OH is 1. The number of aliphatic hydroxyl groups is 1. The number of nitrogens with zero attached hydrogens (tertiary/aromatic N) is 2. The second-order valence-electron chi connectivity index (χ2n) is 6.19. The van der Waals surface area contributed by atoms with E-state index < -0.39 is 11.0 Å². The van der Waals surface area contributed by atoms with Crippen molar-refractivity contribution in [3.8, 4) is 5.75 Å². The Kier molecular flexibility index (Phi) is 5.67. The van der Waals surface area contributed by atoms with Crippen LogP contribution in [0.5, 0.6) is 5.75 Å². The van der Waals surface area contributed by atoms with Crippen LogP contribution in [-0.2, 0) is 6.42 Å². The van der Waals surface area contributed by atoms with Crippen LogP contribution in [0.1, 0.15) is 29.8 Å². The summed E-state index contributed by atoms with van der Waals surface area (Å²) in [6, 6.07) is 8.55. The fourth-order valence-corrected chi connectivity index (χ4v) is 4.28. The number of benzene rings is 1. The molecular weight excluding hydrogens is 340 g/mol. The lowest BCUT2D eigenvalue weighted by Gasteiger charge is -2.36. The predicted molar refractivity (Wildman–Crippen MR) is 97.2 cm³/mol. The molecule has 1 aromatic heterocycles. The molecule has 1 aliphatic heterocycles. The summed E-state index contributed by atoms with van der Waals surface area (Å²) in [6.45, 7) is 3.74. The highest BCUT2D eigenvalue weighted by Crippen LogP contribution is 2.35. The van der Waals surface area contributed by atoms with Gasteiger partial charge in [-0.2, -0.15) is 0 Å². The zero-order chi connectivity index (χ0) is 17.8. The summed E-state index contributed by atoms with van der Waals surface area (Å²) < 4.78 is 5.54. The van der Waals surface area contributed by atoms with Crippen molar-refractivity contribution < 1.29 is 14.8 Å². The topological polar surface area (TPSA) is 75.8 Å². The maximum atomic E-state index is 10.8. The maximum Gasteiger partial charge on any atom is 0.273 e. The molecule has 134 valence electrons. The number of rotatable bonds is 7. The monoisotopic (exact) mass is 362 g/mol. The normalized spacial score (nSPS) is 18.6. The van der Waals surface area contributed by atoms with Crippen molar-refractivity contribution in [1.29, 1.82) is 0 Å². The van der Waals surface area contributed by atoms with Crippen LogP contribution in [0.4, 0.5) is 5.69 Å². The van der Waals surface area contributed by atoms with E-state index in [4.69, 9.17) is 4.74 Å². The third kappa shape index (κ3) is 4.18. The van der Waals surface area contributed by atoms with Crippen molar-refractivity contribution in [1.82, 2.24) is 4.90 Å². The van der Waals surface area contributed by atoms with E-state index in [2.05, 4.69) is 23.3 Å². The second kappa shape index (κ2) is 7.95. The number of nitro benzene ring substituents is 1. The molecule has 0 saturated heterocycles. The minimum absolute atomic E-state index is 0.0148. The van der Waals surface area contributed by atoms with Crippen LogP contribution >= 0.6 is 11.3 Å². The Morgan fingerprint density at radius 3 is 3.08 bits per heavy atom. The van der Waals surface area contributed by atoms with Crippen LogP contribution in [0.3, 0.4) is 0 Å². The molecule has 0 aliphatic carbocycles. The number of thiophene rings is 1. The minimum Gasteiger partial charge on any atom is -0.491 e. The van der Waals surface area contributed by atoms with Gasteiger partial charge in [-0.25, -0.2) is 0 Å². The van der Waals surface area contributed by atoms with Crippen LogP contribution in [-0.4, -0.2) is 40.7 Å². The average Bonchev–Trinajstić information content (AvgIpc) is 3.09. The first kappa shape index (κ1) is 17.8. The summed E-state index contributed by atoms with van der Waals surface area (Å²) >= 11 is 1.81. The van der Waals surface area contributed by atoms with E-state index in [1.165, 1.54) is 22.6 Å². The highest BCUT2D eigenvalue weighted by molar-refractivity contribution is 7.10. The largest absolute Gasteiger partial charge is 0.491 e. The van der Waals surface area contributed by atoms with Crippen LogP contribution in [0.25, 0.3) is 0 Å². The van der Waals surface area contributed by atoms with Gasteiger partial charge in [-0.15, -0.1) is 11.3 Å². The number of non-ortho nitro benzene ring substituents is 1. The van der Waals surface area contributed by atoms with Gasteiger partial charge in [-0.05, 0) is 35.9 Å². The Morgan fingerprint density at radius 2 is 2.32 bits per heavy atom. The average molecular weight is 362 g/mol. The number of nitro groups is 1. The van der Waals surface area contributed by atoms with E-state index in [1.807, 2.05) is 11.3 Å². The maximum absolute atomic E-state index is 10.8. The molecule has 2 heterocycles. The van der Waals surface area contributed by atoms with Crippen molar-refractivity contribution in [2.24, 2.45) is 0 Å². The number of fused-ring (bicyclic) bond motifs is 1. The van der Waals surface area contributed by atoms with Crippen LogP contribution in [0.15, 0.2) is 35.7 Å². The molecule has 1 aromatic carbocycles. The lowest BCUT2D eigenvalue weighted by molar-refractivity contribution is -0.384. The summed E-state index contributed by atoms with van der Waals surface area (Å²) in [4.78, 5) is 14.1.